The van der Waals surface area contributed by atoms with Gasteiger partial charge in [0.1, 0.15) is 0 Å². The lowest BCUT2D eigenvalue weighted by molar-refractivity contribution is -0.111. The predicted molar refractivity (Wildman–Crippen MR) is 78.7 cm³/mol. The van der Waals surface area contributed by atoms with Crippen LogP contribution in [0, 0.1) is 0 Å². The first-order chi connectivity index (χ1) is 9.83. The largest absolute Gasteiger partial charge is 0.289 e. The van der Waals surface area contributed by atoms with Crippen molar-refractivity contribution in [3.8, 4) is 0 Å². The highest BCUT2D eigenvalue weighted by molar-refractivity contribution is 6.15. The summed E-state index contributed by atoms with van der Waals surface area (Å²) in [7, 11) is 0. The molecule has 0 unspecified atom stereocenters. The molecule has 2 aromatic rings. The molecule has 20 heavy (non-hydrogen) atoms. The molecule has 0 atom stereocenters. The van der Waals surface area contributed by atoms with Crippen molar-refractivity contribution in [3.63, 3.8) is 0 Å². The van der Waals surface area contributed by atoms with E-state index in [4.69, 9.17) is 0 Å². The molecular formula is C17H14N2O. The quantitative estimate of drug-likeness (QED) is 0.780. The molecule has 0 bridgehead atoms. The summed E-state index contributed by atoms with van der Waals surface area (Å²) in [5, 5.41) is 0. The number of carbonyl (C=O) groups is 1. The third-order valence-corrected chi connectivity index (χ3v) is 3.27. The van der Waals surface area contributed by atoms with E-state index in [9.17, 15) is 4.79 Å². The number of hydrogen-bond acceptors (Lipinski definition) is 3. The number of hydrogen-bond donors (Lipinski definition) is 0. The standard InChI is InChI=1S/C17H14N2O/c20-17-13(11-15-5-1-3-9-18-15)7-8-14(17)12-16-6-2-4-10-19-16/h1-6,9-12H,7-8H2/b13-11-,14-12-. The summed E-state index contributed by atoms with van der Waals surface area (Å²) in [6.07, 6.45) is 8.76. The number of pyridine rings is 2. The molecule has 0 saturated heterocycles. The second-order valence-electron chi connectivity index (χ2n) is 4.68. The SMILES string of the molecule is O=C1/C(=C\c2ccccn2)CC/C1=C/c1ccccn1. The summed E-state index contributed by atoms with van der Waals surface area (Å²) in [4.78, 5) is 20.8. The molecule has 0 radical (unpaired) electrons. The maximum atomic E-state index is 12.3. The van der Waals surface area contributed by atoms with Gasteiger partial charge in [-0.15, -0.1) is 0 Å². The Kier molecular flexibility index (Phi) is 3.50. The molecule has 98 valence electrons. The van der Waals surface area contributed by atoms with Crippen LogP contribution >= 0.6 is 0 Å². The number of Topliss-reactive ketones (excluding diaryl/α,β-unsaturated/α-hetero) is 1. The molecule has 2 heterocycles. The van der Waals surface area contributed by atoms with Crippen LogP contribution in [0.15, 0.2) is 59.9 Å². The number of nitrogens with zero attached hydrogens (tertiary/aromatic N) is 2. The van der Waals surface area contributed by atoms with E-state index in [1.807, 2.05) is 48.6 Å². The molecule has 2 aromatic heterocycles. The van der Waals surface area contributed by atoms with Gasteiger partial charge in [-0.1, -0.05) is 12.1 Å². The van der Waals surface area contributed by atoms with Crippen LogP contribution in [0.1, 0.15) is 24.2 Å². The Bertz CT molecular complexity index is 613. The number of aromatic nitrogens is 2. The Morgan fingerprint density at radius 3 is 1.70 bits per heavy atom. The fourth-order valence-electron chi connectivity index (χ4n) is 2.26. The number of allylic oxidation sites excluding steroid dienone is 2. The Balaban J connectivity index is 1.85. The molecule has 0 aliphatic heterocycles. The first kappa shape index (κ1) is 12.5. The van der Waals surface area contributed by atoms with Crippen molar-refractivity contribution in [2.45, 2.75) is 12.8 Å². The molecule has 3 heteroatoms. The Morgan fingerprint density at radius 1 is 0.800 bits per heavy atom. The van der Waals surface area contributed by atoms with Crippen molar-refractivity contribution in [3.05, 3.63) is 71.3 Å². The van der Waals surface area contributed by atoms with Gasteiger partial charge in [-0.3, -0.25) is 14.8 Å². The van der Waals surface area contributed by atoms with E-state index in [0.717, 1.165) is 35.4 Å². The average Bonchev–Trinajstić information content (AvgIpc) is 2.83. The highest BCUT2D eigenvalue weighted by Gasteiger charge is 2.23. The third-order valence-electron chi connectivity index (χ3n) is 3.27. The van der Waals surface area contributed by atoms with Gasteiger partial charge < -0.3 is 0 Å². The smallest absolute Gasteiger partial charge is 0.185 e. The van der Waals surface area contributed by atoms with Gasteiger partial charge in [-0.2, -0.15) is 0 Å². The van der Waals surface area contributed by atoms with Crippen molar-refractivity contribution < 1.29 is 4.79 Å². The van der Waals surface area contributed by atoms with Crippen LogP contribution in [0.2, 0.25) is 0 Å². The second kappa shape index (κ2) is 5.61. The van der Waals surface area contributed by atoms with Crippen molar-refractivity contribution in [2.75, 3.05) is 0 Å². The van der Waals surface area contributed by atoms with Crippen LogP contribution in [-0.2, 0) is 4.79 Å². The van der Waals surface area contributed by atoms with Gasteiger partial charge in [-0.25, -0.2) is 0 Å². The van der Waals surface area contributed by atoms with Gasteiger partial charge in [0, 0.05) is 23.5 Å². The summed E-state index contributed by atoms with van der Waals surface area (Å²) >= 11 is 0. The van der Waals surface area contributed by atoms with Crippen LogP contribution in [0.5, 0.6) is 0 Å². The molecule has 3 rings (SSSR count). The van der Waals surface area contributed by atoms with Crippen molar-refractivity contribution in [2.24, 2.45) is 0 Å². The third kappa shape index (κ3) is 2.72. The van der Waals surface area contributed by atoms with Gasteiger partial charge in [0.25, 0.3) is 0 Å². The summed E-state index contributed by atoms with van der Waals surface area (Å²) in [6, 6.07) is 11.4. The zero-order chi connectivity index (χ0) is 13.8. The molecule has 0 N–H and O–H groups in total. The molecule has 3 nitrogen and oxygen atoms in total. The van der Waals surface area contributed by atoms with E-state index >= 15 is 0 Å². The van der Waals surface area contributed by atoms with Crippen LogP contribution in [0.25, 0.3) is 12.2 Å². The number of carbonyl (C=O) groups excluding carboxylic acids is 1. The molecule has 0 amide bonds. The van der Waals surface area contributed by atoms with E-state index in [1.54, 1.807) is 12.4 Å². The molecule has 1 saturated carbocycles. The maximum absolute atomic E-state index is 12.3. The fourth-order valence-corrected chi connectivity index (χ4v) is 2.26. The minimum Gasteiger partial charge on any atom is -0.289 e. The molecule has 0 spiro atoms. The summed E-state index contributed by atoms with van der Waals surface area (Å²) < 4.78 is 0. The van der Waals surface area contributed by atoms with Crippen molar-refractivity contribution >= 4 is 17.9 Å². The number of ketones is 1. The van der Waals surface area contributed by atoms with Crippen LogP contribution in [-0.4, -0.2) is 15.8 Å². The lowest BCUT2D eigenvalue weighted by Gasteiger charge is -1.96. The zero-order valence-corrected chi connectivity index (χ0v) is 11.0. The highest BCUT2D eigenvalue weighted by Crippen LogP contribution is 2.28. The van der Waals surface area contributed by atoms with Crippen molar-refractivity contribution in [1.29, 1.82) is 0 Å². The van der Waals surface area contributed by atoms with E-state index in [0.29, 0.717) is 0 Å². The van der Waals surface area contributed by atoms with Gasteiger partial charge in [-0.05, 0) is 49.3 Å². The number of rotatable bonds is 2. The highest BCUT2D eigenvalue weighted by atomic mass is 16.1. The first-order valence-corrected chi connectivity index (χ1v) is 6.61. The lowest BCUT2D eigenvalue weighted by atomic mass is 10.1. The Morgan fingerprint density at radius 2 is 1.30 bits per heavy atom. The van der Waals surface area contributed by atoms with Crippen LogP contribution < -0.4 is 0 Å². The average molecular weight is 262 g/mol. The lowest BCUT2D eigenvalue weighted by Crippen LogP contribution is -1.96. The predicted octanol–water partition coefficient (Wildman–Crippen LogP) is 3.31. The van der Waals surface area contributed by atoms with Gasteiger partial charge in [0.2, 0.25) is 0 Å². The normalized spacial score (nSPS) is 18.9. The molecule has 1 aliphatic carbocycles. The topological polar surface area (TPSA) is 42.9 Å². The first-order valence-electron chi connectivity index (χ1n) is 6.61. The van der Waals surface area contributed by atoms with Crippen LogP contribution in [0.3, 0.4) is 0 Å². The Labute approximate surface area is 117 Å². The monoisotopic (exact) mass is 262 g/mol. The van der Waals surface area contributed by atoms with Gasteiger partial charge in [0.05, 0.1) is 11.4 Å². The van der Waals surface area contributed by atoms with E-state index in [2.05, 4.69) is 9.97 Å². The second-order valence-corrected chi connectivity index (χ2v) is 4.68. The molecular weight excluding hydrogens is 248 g/mol. The zero-order valence-electron chi connectivity index (χ0n) is 11.0. The summed E-state index contributed by atoms with van der Waals surface area (Å²) in [6.45, 7) is 0. The summed E-state index contributed by atoms with van der Waals surface area (Å²) in [5.41, 5.74) is 3.31. The minimum atomic E-state index is 0.112. The fraction of sp³-hybridized carbons (Fsp3) is 0.118. The van der Waals surface area contributed by atoms with Crippen LogP contribution in [0.4, 0.5) is 0 Å². The molecule has 1 fully saturated rings. The van der Waals surface area contributed by atoms with E-state index in [-0.39, 0.29) is 5.78 Å². The maximum Gasteiger partial charge on any atom is 0.185 e. The molecule has 0 aromatic carbocycles. The molecule has 1 aliphatic rings. The van der Waals surface area contributed by atoms with E-state index in [1.165, 1.54) is 0 Å². The van der Waals surface area contributed by atoms with E-state index < -0.39 is 0 Å². The summed E-state index contributed by atoms with van der Waals surface area (Å²) in [5.74, 6) is 0.112. The van der Waals surface area contributed by atoms with Gasteiger partial charge >= 0.3 is 0 Å². The van der Waals surface area contributed by atoms with Gasteiger partial charge in [0.15, 0.2) is 5.78 Å². The van der Waals surface area contributed by atoms with Crippen molar-refractivity contribution in [1.82, 2.24) is 9.97 Å². The Hall–Kier alpha value is -2.55. The minimum absolute atomic E-state index is 0.112.